The lowest BCUT2D eigenvalue weighted by Gasteiger charge is -2.28. The Balaban J connectivity index is 0.0000000911. The lowest BCUT2D eigenvalue weighted by atomic mass is 10.1. The average molecular weight is 1170 g/mol. The Bertz CT molecular complexity index is 4400. The van der Waals surface area contributed by atoms with Crippen LogP contribution in [-0.2, 0) is 25.7 Å². The molecule has 4 atom stereocenters. The molecule has 17 nitrogen and oxygen atoms in total. The Morgan fingerprint density at radius 2 is 0.670 bits per heavy atom. The van der Waals surface area contributed by atoms with Crippen molar-refractivity contribution in [3.05, 3.63) is 272 Å². The van der Waals surface area contributed by atoms with Gasteiger partial charge in [0.25, 0.3) is 0 Å². The topological polar surface area (TPSA) is 142 Å². The molecule has 20 rings (SSSR count). The van der Waals surface area contributed by atoms with Crippen LogP contribution in [0.1, 0.15) is 27.8 Å². The van der Waals surface area contributed by atoms with Gasteiger partial charge >= 0.3 is 0 Å². The number of rotatable bonds is 4. The molecule has 8 aliphatic heterocycles. The first-order valence-electron chi connectivity index (χ1n) is 29.5. The minimum Gasteiger partial charge on any atom is -0.315 e. The zero-order valence-corrected chi connectivity index (χ0v) is 48.6. The van der Waals surface area contributed by atoms with Gasteiger partial charge in [-0.3, -0.25) is 4.98 Å². The van der Waals surface area contributed by atoms with Crippen LogP contribution in [0, 0.1) is 6.92 Å². The molecule has 0 fully saturated rings. The lowest BCUT2D eigenvalue weighted by molar-refractivity contribution is 0.724. The molecule has 0 saturated carbocycles. The first kappa shape index (κ1) is 51.3. The molecule has 14 heterocycles. The standard InChI is InChI=1S/C19H16N4.C18H14N4.C17H13N5.C16H12N4S/c1-13-6-2-4-8-15(13)23-18-10-14-7-3-5-9-16(14)22(18)17-11-20-12-21-19(17)23;1-2-7-14(8-3-1)21-17-10-13-6-4-5-9-15(13)22(17)16-11-19-12-20-18(16)21;1-2-4-14-12(3-1)9-16-21(13-5-7-18-8-6-13)15-10-19-11-20-17(15)22(14)16;1-2-5-12-11(4-1)8-14-19(15-6-3-7-21-15)13-9-17-10-18-16(13)20(12)14/h2-9,11-12,18H,10H2,1H3;1-9,11-12,17H,10H2;1-8,10-11,16H,9H2;1-7,9-10,14H,8H2. The summed E-state index contributed by atoms with van der Waals surface area (Å²) < 4.78 is 0. The number of aryl methyl sites for hydroxylation is 1. The maximum Gasteiger partial charge on any atom is 0.162 e. The highest BCUT2D eigenvalue weighted by Crippen LogP contribution is 2.56. The highest BCUT2D eigenvalue weighted by Gasteiger charge is 2.48. The first-order chi connectivity index (χ1) is 43.6. The molecule has 6 aromatic carbocycles. The van der Waals surface area contributed by atoms with Crippen LogP contribution in [0.2, 0.25) is 0 Å². The second-order valence-electron chi connectivity index (χ2n) is 22.4. The van der Waals surface area contributed by atoms with Gasteiger partial charge in [-0.2, -0.15) is 0 Å². The van der Waals surface area contributed by atoms with Crippen LogP contribution in [0.4, 0.5) is 90.8 Å². The van der Waals surface area contributed by atoms with Gasteiger partial charge in [0.15, 0.2) is 23.3 Å². The molecule has 18 heteroatoms. The van der Waals surface area contributed by atoms with Crippen molar-refractivity contribution in [3.63, 3.8) is 0 Å². The van der Waals surface area contributed by atoms with Crippen molar-refractivity contribution in [2.24, 2.45) is 0 Å². The maximum absolute atomic E-state index is 4.59. The van der Waals surface area contributed by atoms with Gasteiger partial charge < -0.3 is 39.2 Å². The summed E-state index contributed by atoms with van der Waals surface area (Å²) in [5.74, 6) is 3.96. The number of hydrogen-bond donors (Lipinski definition) is 0. The average Bonchev–Trinajstić information content (AvgIpc) is 3.00. The van der Waals surface area contributed by atoms with Crippen molar-refractivity contribution in [1.29, 1.82) is 0 Å². The monoisotopic (exact) mass is 1170 g/mol. The van der Waals surface area contributed by atoms with E-state index in [0.29, 0.717) is 0 Å². The van der Waals surface area contributed by atoms with E-state index in [0.717, 1.165) is 77.4 Å². The highest BCUT2D eigenvalue weighted by molar-refractivity contribution is 7.14. The van der Waals surface area contributed by atoms with Gasteiger partial charge in [-0.1, -0.05) is 109 Å². The Morgan fingerprint density at radius 1 is 0.307 bits per heavy atom. The molecule has 4 unspecified atom stereocenters. The Labute approximate surface area is 512 Å². The molecule has 0 radical (unpaired) electrons. The minimum absolute atomic E-state index is 0.214. The van der Waals surface area contributed by atoms with E-state index in [1.165, 1.54) is 66.9 Å². The lowest BCUT2D eigenvalue weighted by Crippen LogP contribution is -2.36. The highest BCUT2D eigenvalue weighted by atomic mass is 32.1. The van der Waals surface area contributed by atoms with Crippen LogP contribution in [-0.4, -0.2) is 69.5 Å². The zero-order valence-electron chi connectivity index (χ0n) is 47.7. The van der Waals surface area contributed by atoms with E-state index in [2.05, 4.69) is 254 Å². The molecule has 0 amide bonds. The predicted molar refractivity (Wildman–Crippen MR) is 347 cm³/mol. The van der Waals surface area contributed by atoms with Crippen LogP contribution >= 0.6 is 11.3 Å². The largest absolute Gasteiger partial charge is 0.315 e. The van der Waals surface area contributed by atoms with Gasteiger partial charge in [-0.05, 0) is 107 Å². The fourth-order valence-electron chi connectivity index (χ4n) is 14.2. The number of nitrogens with zero attached hydrogens (tertiary/aromatic N) is 17. The number of fused-ring (bicyclic) bond motifs is 20. The smallest absolute Gasteiger partial charge is 0.162 e. The second-order valence-corrected chi connectivity index (χ2v) is 23.3. The quantitative estimate of drug-likeness (QED) is 0.165. The van der Waals surface area contributed by atoms with Crippen LogP contribution in [0.15, 0.2) is 244 Å². The number of anilines is 16. The number of thiophene rings is 1. The van der Waals surface area contributed by atoms with Crippen LogP contribution < -0.4 is 39.2 Å². The zero-order chi connectivity index (χ0) is 58.2. The van der Waals surface area contributed by atoms with Crippen LogP contribution in [0.5, 0.6) is 0 Å². The third-order valence-electron chi connectivity index (χ3n) is 17.7. The fourth-order valence-corrected chi connectivity index (χ4v) is 14.9. The molecule has 8 aliphatic rings. The molecule has 6 aromatic heterocycles. The Kier molecular flexibility index (Phi) is 12.3. The van der Waals surface area contributed by atoms with Crippen molar-refractivity contribution in [2.45, 2.75) is 57.3 Å². The number of pyridine rings is 1. The Morgan fingerprint density at radius 3 is 1.15 bits per heavy atom. The van der Waals surface area contributed by atoms with Gasteiger partial charge in [0.1, 0.15) is 72.7 Å². The molecular weight excluding hydrogens is 1110 g/mol. The van der Waals surface area contributed by atoms with E-state index >= 15 is 0 Å². The molecule has 426 valence electrons. The van der Waals surface area contributed by atoms with Gasteiger partial charge in [0.2, 0.25) is 0 Å². The van der Waals surface area contributed by atoms with E-state index in [4.69, 9.17) is 0 Å². The van der Waals surface area contributed by atoms with Crippen molar-refractivity contribution < 1.29 is 0 Å². The summed E-state index contributed by atoms with van der Waals surface area (Å²) in [5.41, 5.74) is 19.6. The molecule has 0 saturated heterocycles. The predicted octanol–water partition coefficient (Wildman–Crippen LogP) is 14.4. The van der Waals surface area contributed by atoms with Crippen molar-refractivity contribution in [3.8, 4) is 0 Å². The van der Waals surface area contributed by atoms with Crippen LogP contribution in [0.25, 0.3) is 0 Å². The normalized spacial score (nSPS) is 18.1. The molecule has 0 aliphatic carbocycles. The molecule has 0 spiro atoms. The molecule has 88 heavy (non-hydrogen) atoms. The van der Waals surface area contributed by atoms with E-state index in [-0.39, 0.29) is 24.7 Å². The Hall–Kier alpha value is -11.1. The molecule has 12 aromatic rings. The summed E-state index contributed by atoms with van der Waals surface area (Å²) in [7, 11) is 0. The van der Waals surface area contributed by atoms with Crippen molar-refractivity contribution in [1.82, 2.24) is 44.9 Å². The molecule has 0 N–H and O–H groups in total. The number of hydrogen-bond acceptors (Lipinski definition) is 18. The summed E-state index contributed by atoms with van der Waals surface area (Å²) >= 11 is 1.76. The van der Waals surface area contributed by atoms with Crippen molar-refractivity contribution >= 4 is 102 Å². The molecular formula is C70H55N17S. The number of benzene rings is 6. The van der Waals surface area contributed by atoms with Gasteiger partial charge in [-0.25, -0.2) is 39.9 Å². The number of para-hydroxylation sites is 6. The third-order valence-corrected chi connectivity index (χ3v) is 18.6. The summed E-state index contributed by atoms with van der Waals surface area (Å²) in [5, 5.41) is 3.36. The summed E-state index contributed by atoms with van der Waals surface area (Å²) in [6, 6.07) is 61.6. The molecule has 0 bridgehead atoms. The van der Waals surface area contributed by atoms with E-state index in [1.54, 1.807) is 36.6 Å². The fraction of sp³-hybridized carbons (Fsp3) is 0.129. The second kappa shape index (κ2) is 21.1. The van der Waals surface area contributed by atoms with Gasteiger partial charge in [0, 0.05) is 77.9 Å². The summed E-state index contributed by atoms with van der Waals surface area (Å²) in [6.07, 6.45) is 22.7. The number of aromatic nitrogens is 9. The summed E-state index contributed by atoms with van der Waals surface area (Å²) in [6.45, 7) is 2.15. The van der Waals surface area contributed by atoms with Gasteiger partial charge in [-0.15, -0.1) is 11.3 Å². The van der Waals surface area contributed by atoms with E-state index in [9.17, 15) is 0 Å². The van der Waals surface area contributed by atoms with Crippen LogP contribution in [0.3, 0.4) is 0 Å². The van der Waals surface area contributed by atoms with Gasteiger partial charge in [0.05, 0.1) is 29.8 Å². The van der Waals surface area contributed by atoms with E-state index < -0.39 is 0 Å². The first-order valence-corrected chi connectivity index (χ1v) is 30.4. The third kappa shape index (κ3) is 8.23. The summed E-state index contributed by atoms with van der Waals surface area (Å²) in [4.78, 5) is 58.0. The van der Waals surface area contributed by atoms with E-state index in [1.807, 2.05) is 55.4 Å². The minimum atomic E-state index is 0.214. The SMILES string of the molecule is Cc1ccccc1N1c2ncncc2N2c3ccccc3CC21.c1ccc(N2c3ncncc3N3c4ccccc4CC32)cc1.c1ccc2c(c1)CC1N(c3ccncc3)c3cncnc3N21.c1csc(N2c3cncnc3N3c4ccccc4CC23)c1. The maximum atomic E-state index is 4.59. The van der Waals surface area contributed by atoms with Crippen molar-refractivity contribution in [2.75, 3.05) is 39.2 Å².